The largest absolute Gasteiger partial charge is 0.452 e. The van der Waals surface area contributed by atoms with Gasteiger partial charge in [-0.3, -0.25) is 0 Å². The van der Waals surface area contributed by atoms with E-state index in [2.05, 4.69) is 5.16 Å². The zero-order chi connectivity index (χ0) is 16.5. The fraction of sp³-hybridized carbons (Fsp3) is 0.263. The monoisotopic (exact) mass is 323 g/mol. The molecule has 0 aromatic heterocycles. The Morgan fingerprint density at radius 2 is 1.79 bits per heavy atom. The van der Waals surface area contributed by atoms with Gasteiger partial charge in [0.05, 0.1) is 17.6 Å². The predicted octanol–water partition coefficient (Wildman–Crippen LogP) is 2.65. The molecular formula is C19H17NO4. The molecule has 1 fully saturated rings. The summed E-state index contributed by atoms with van der Waals surface area (Å²) in [6, 6.07) is 17.3. The van der Waals surface area contributed by atoms with Crippen molar-refractivity contribution in [2.24, 2.45) is 11.1 Å². The van der Waals surface area contributed by atoms with Crippen LogP contribution in [-0.2, 0) is 9.57 Å². The molecule has 1 aliphatic heterocycles. The van der Waals surface area contributed by atoms with Crippen LogP contribution in [0.15, 0.2) is 59.8 Å². The van der Waals surface area contributed by atoms with Gasteiger partial charge in [0.1, 0.15) is 18.4 Å². The summed E-state index contributed by atoms with van der Waals surface area (Å²) in [5.41, 5.74) is 3.25. The maximum Gasteiger partial charge on any atom is 0.338 e. The van der Waals surface area contributed by atoms with E-state index >= 15 is 0 Å². The van der Waals surface area contributed by atoms with Crippen LogP contribution in [0.2, 0.25) is 0 Å². The van der Waals surface area contributed by atoms with Crippen LogP contribution < -0.4 is 0 Å². The van der Waals surface area contributed by atoms with Crippen LogP contribution in [0.25, 0.3) is 11.1 Å². The number of fused-ring (bicyclic) bond motifs is 1. The number of carbonyl (C=O) groups excluding carboxylic acids is 1. The molecule has 2 aromatic carbocycles. The van der Waals surface area contributed by atoms with Gasteiger partial charge in [0.2, 0.25) is 0 Å². The predicted molar refractivity (Wildman–Crippen MR) is 88.6 cm³/mol. The van der Waals surface area contributed by atoms with Crippen molar-refractivity contribution in [3.8, 4) is 11.1 Å². The minimum Gasteiger partial charge on any atom is -0.452 e. The minimum atomic E-state index is -0.565. The molecule has 0 amide bonds. The molecule has 3 unspecified atom stereocenters. The van der Waals surface area contributed by atoms with E-state index in [0.29, 0.717) is 24.3 Å². The molecule has 0 saturated heterocycles. The molecule has 3 atom stereocenters. The summed E-state index contributed by atoms with van der Waals surface area (Å²) in [6.45, 7) is 0.357. The van der Waals surface area contributed by atoms with Crippen molar-refractivity contribution in [2.75, 3.05) is 6.61 Å². The van der Waals surface area contributed by atoms with Crippen molar-refractivity contribution in [3.63, 3.8) is 0 Å². The van der Waals surface area contributed by atoms with Crippen LogP contribution in [0.3, 0.4) is 0 Å². The third kappa shape index (κ3) is 2.67. The maximum atomic E-state index is 12.3. The number of benzene rings is 2. The second-order valence-electron chi connectivity index (χ2n) is 6.06. The standard InChI is InChI=1S/C19H17NO4/c21-16-10-17(18-15(16)11-23-20-18)24-19(22)14-8-6-13(7-9-14)12-4-2-1-3-5-12/h1-9,15-17,21H,10-11H2. The first-order valence-corrected chi connectivity index (χ1v) is 7.96. The molecule has 5 nitrogen and oxygen atoms in total. The SMILES string of the molecule is O=C(OC1CC(O)C2CON=C12)c1ccc(-c2ccccc2)cc1. The summed E-state index contributed by atoms with van der Waals surface area (Å²) in [4.78, 5) is 17.3. The summed E-state index contributed by atoms with van der Waals surface area (Å²) < 4.78 is 5.52. The zero-order valence-electron chi connectivity index (χ0n) is 13.0. The number of rotatable bonds is 3. The first-order valence-electron chi connectivity index (χ1n) is 7.96. The Morgan fingerprint density at radius 1 is 1.08 bits per heavy atom. The lowest BCUT2D eigenvalue weighted by molar-refractivity contribution is 0.0318. The Morgan fingerprint density at radius 3 is 2.54 bits per heavy atom. The highest BCUT2D eigenvalue weighted by Crippen LogP contribution is 2.31. The van der Waals surface area contributed by atoms with E-state index in [4.69, 9.17) is 9.57 Å². The van der Waals surface area contributed by atoms with Gasteiger partial charge in [-0.05, 0) is 23.3 Å². The van der Waals surface area contributed by atoms with Gasteiger partial charge in [-0.15, -0.1) is 0 Å². The summed E-state index contributed by atoms with van der Waals surface area (Å²) in [6.07, 6.45) is -0.695. The Labute approximate surface area is 139 Å². The molecule has 1 aliphatic carbocycles. The molecule has 1 heterocycles. The van der Waals surface area contributed by atoms with Crippen molar-refractivity contribution in [1.82, 2.24) is 0 Å². The molecule has 1 saturated carbocycles. The lowest BCUT2D eigenvalue weighted by atomic mass is 10.0. The highest BCUT2D eigenvalue weighted by molar-refractivity contribution is 5.98. The van der Waals surface area contributed by atoms with E-state index in [9.17, 15) is 9.90 Å². The van der Waals surface area contributed by atoms with E-state index < -0.39 is 18.2 Å². The Hall–Kier alpha value is -2.66. The lowest BCUT2D eigenvalue weighted by Crippen LogP contribution is -2.24. The number of esters is 1. The van der Waals surface area contributed by atoms with E-state index in [-0.39, 0.29) is 5.92 Å². The molecule has 2 aromatic rings. The van der Waals surface area contributed by atoms with Gasteiger partial charge in [-0.25, -0.2) is 4.79 Å². The Bertz CT molecular complexity index is 770. The number of carbonyl (C=O) groups is 1. The van der Waals surface area contributed by atoms with E-state index in [1.165, 1.54) is 0 Å². The quantitative estimate of drug-likeness (QED) is 0.882. The number of ether oxygens (including phenoxy) is 1. The first kappa shape index (κ1) is 14.9. The summed E-state index contributed by atoms with van der Waals surface area (Å²) >= 11 is 0. The Kier molecular flexibility index (Phi) is 3.78. The van der Waals surface area contributed by atoms with E-state index in [1.807, 2.05) is 42.5 Å². The van der Waals surface area contributed by atoms with Crippen LogP contribution in [0.1, 0.15) is 16.8 Å². The fourth-order valence-corrected chi connectivity index (χ4v) is 3.19. The van der Waals surface area contributed by atoms with Crippen molar-refractivity contribution < 1.29 is 19.5 Å². The number of oxime groups is 1. The molecule has 5 heteroatoms. The number of aliphatic hydroxyl groups excluding tert-OH is 1. The summed E-state index contributed by atoms with van der Waals surface area (Å²) in [7, 11) is 0. The van der Waals surface area contributed by atoms with Gasteiger partial charge in [0.25, 0.3) is 0 Å². The topological polar surface area (TPSA) is 68.1 Å². The van der Waals surface area contributed by atoms with E-state index in [1.54, 1.807) is 12.1 Å². The van der Waals surface area contributed by atoms with Crippen molar-refractivity contribution >= 4 is 11.7 Å². The number of hydrogen-bond donors (Lipinski definition) is 1. The smallest absolute Gasteiger partial charge is 0.338 e. The van der Waals surface area contributed by atoms with Crippen LogP contribution in [0, 0.1) is 5.92 Å². The van der Waals surface area contributed by atoms with Crippen LogP contribution in [-0.4, -0.2) is 35.6 Å². The van der Waals surface area contributed by atoms with Crippen molar-refractivity contribution in [3.05, 3.63) is 60.2 Å². The lowest BCUT2D eigenvalue weighted by Gasteiger charge is -2.12. The molecule has 24 heavy (non-hydrogen) atoms. The number of hydrogen-bond acceptors (Lipinski definition) is 5. The zero-order valence-corrected chi connectivity index (χ0v) is 13.0. The van der Waals surface area contributed by atoms with Crippen LogP contribution in [0.5, 0.6) is 0 Å². The highest BCUT2D eigenvalue weighted by Gasteiger charge is 2.45. The van der Waals surface area contributed by atoms with Crippen LogP contribution in [0.4, 0.5) is 0 Å². The van der Waals surface area contributed by atoms with Gasteiger partial charge in [0.15, 0.2) is 0 Å². The Balaban J connectivity index is 1.47. The second kappa shape index (κ2) is 6.09. The third-order valence-electron chi connectivity index (χ3n) is 4.53. The number of aliphatic hydroxyl groups is 1. The molecular weight excluding hydrogens is 306 g/mol. The third-order valence-corrected chi connectivity index (χ3v) is 4.53. The summed E-state index contributed by atoms with van der Waals surface area (Å²) in [5.74, 6) is -0.565. The fourth-order valence-electron chi connectivity index (χ4n) is 3.19. The molecule has 4 rings (SSSR count). The molecule has 2 aliphatic rings. The van der Waals surface area contributed by atoms with Crippen molar-refractivity contribution in [2.45, 2.75) is 18.6 Å². The van der Waals surface area contributed by atoms with Gasteiger partial charge in [-0.2, -0.15) is 0 Å². The molecule has 0 radical (unpaired) electrons. The van der Waals surface area contributed by atoms with Gasteiger partial charge < -0.3 is 14.7 Å². The minimum absolute atomic E-state index is 0.150. The summed E-state index contributed by atoms with van der Waals surface area (Å²) in [5, 5.41) is 13.9. The average molecular weight is 323 g/mol. The first-order chi connectivity index (χ1) is 11.7. The second-order valence-corrected chi connectivity index (χ2v) is 6.06. The molecule has 0 bridgehead atoms. The normalized spacial score (nSPS) is 24.9. The van der Waals surface area contributed by atoms with E-state index in [0.717, 1.165) is 11.1 Å². The molecule has 0 spiro atoms. The van der Waals surface area contributed by atoms with Gasteiger partial charge in [-0.1, -0.05) is 47.6 Å². The number of nitrogens with zero attached hydrogens (tertiary/aromatic N) is 1. The molecule has 1 N–H and O–H groups in total. The van der Waals surface area contributed by atoms with Gasteiger partial charge >= 0.3 is 5.97 Å². The maximum absolute atomic E-state index is 12.3. The van der Waals surface area contributed by atoms with Crippen molar-refractivity contribution in [1.29, 1.82) is 0 Å². The average Bonchev–Trinajstić information content (AvgIpc) is 3.21. The van der Waals surface area contributed by atoms with Gasteiger partial charge in [0, 0.05) is 6.42 Å². The highest BCUT2D eigenvalue weighted by atomic mass is 16.6. The molecule has 122 valence electrons. The van der Waals surface area contributed by atoms with Crippen LogP contribution >= 0.6 is 0 Å².